The van der Waals surface area contributed by atoms with Crippen LogP contribution >= 0.6 is 11.6 Å². The molecule has 0 fully saturated rings. The standard InChI is InChI=1S/C18H19ClN4O3/c1-18(2,16(25)22-23-17(20)21)26-14-9-5-12(6-10-14)15(24)11-3-7-13(19)8-4-11/h3-10H,1-2H3,(H,22,25)(H4,20,21,23). The number of nitrogens with two attached hydrogens (primary N) is 2. The lowest BCUT2D eigenvalue weighted by atomic mass is 10.0. The van der Waals surface area contributed by atoms with E-state index in [1.807, 2.05) is 0 Å². The molecule has 2 aromatic carbocycles. The van der Waals surface area contributed by atoms with E-state index < -0.39 is 11.5 Å². The highest BCUT2D eigenvalue weighted by Crippen LogP contribution is 2.21. The Balaban J connectivity index is 2.09. The van der Waals surface area contributed by atoms with Crippen molar-refractivity contribution in [3.05, 3.63) is 64.7 Å². The topological polar surface area (TPSA) is 120 Å². The summed E-state index contributed by atoms with van der Waals surface area (Å²) >= 11 is 5.83. The molecule has 0 atom stereocenters. The van der Waals surface area contributed by atoms with Gasteiger partial charge in [-0.1, -0.05) is 11.6 Å². The van der Waals surface area contributed by atoms with Crippen LogP contribution in [0.25, 0.3) is 0 Å². The molecule has 0 radical (unpaired) electrons. The van der Waals surface area contributed by atoms with Gasteiger partial charge in [0.2, 0.25) is 5.96 Å². The van der Waals surface area contributed by atoms with Crippen LogP contribution in [0.4, 0.5) is 0 Å². The van der Waals surface area contributed by atoms with E-state index >= 15 is 0 Å². The average Bonchev–Trinajstić information content (AvgIpc) is 2.60. The number of nitrogens with one attached hydrogen (secondary N) is 1. The molecule has 1 amide bonds. The molecule has 0 saturated heterocycles. The lowest BCUT2D eigenvalue weighted by molar-refractivity contribution is -0.134. The smallest absolute Gasteiger partial charge is 0.283 e. The summed E-state index contributed by atoms with van der Waals surface area (Å²) in [6.45, 7) is 3.13. The third-order valence-corrected chi connectivity index (χ3v) is 3.68. The molecule has 8 heteroatoms. The lowest BCUT2D eigenvalue weighted by Gasteiger charge is -2.24. The van der Waals surface area contributed by atoms with Crippen LogP contribution in [0.2, 0.25) is 5.02 Å². The first kappa shape index (κ1) is 19.3. The monoisotopic (exact) mass is 374 g/mol. The van der Waals surface area contributed by atoms with Crippen molar-refractivity contribution in [3.63, 3.8) is 0 Å². The molecule has 0 spiro atoms. The Labute approximate surface area is 156 Å². The number of hydrogen-bond donors (Lipinski definition) is 3. The summed E-state index contributed by atoms with van der Waals surface area (Å²) in [6, 6.07) is 13.1. The first-order chi connectivity index (χ1) is 12.2. The van der Waals surface area contributed by atoms with Gasteiger partial charge in [0.1, 0.15) is 5.75 Å². The Bertz CT molecular complexity index is 827. The number of amides is 1. The van der Waals surface area contributed by atoms with Gasteiger partial charge in [0.15, 0.2) is 11.4 Å². The second-order valence-corrected chi connectivity index (χ2v) is 6.39. The fourth-order valence-corrected chi connectivity index (χ4v) is 2.16. The van der Waals surface area contributed by atoms with Crippen LogP contribution < -0.4 is 21.6 Å². The van der Waals surface area contributed by atoms with Crippen molar-refractivity contribution >= 4 is 29.3 Å². The van der Waals surface area contributed by atoms with E-state index in [2.05, 4.69) is 10.5 Å². The van der Waals surface area contributed by atoms with Crippen molar-refractivity contribution < 1.29 is 14.3 Å². The molecule has 0 aliphatic heterocycles. The average molecular weight is 375 g/mol. The second kappa shape index (κ2) is 7.88. The Hall–Kier alpha value is -3.06. The predicted octanol–water partition coefficient (Wildman–Crippen LogP) is 2.03. The third kappa shape index (κ3) is 4.97. The van der Waals surface area contributed by atoms with Crippen molar-refractivity contribution in [2.24, 2.45) is 16.6 Å². The Morgan fingerprint density at radius 1 is 1.00 bits per heavy atom. The van der Waals surface area contributed by atoms with E-state index in [9.17, 15) is 9.59 Å². The van der Waals surface area contributed by atoms with Crippen LogP contribution in [0.15, 0.2) is 53.6 Å². The second-order valence-electron chi connectivity index (χ2n) is 5.95. The summed E-state index contributed by atoms with van der Waals surface area (Å²) in [6.07, 6.45) is 0. The van der Waals surface area contributed by atoms with E-state index in [-0.39, 0.29) is 11.7 Å². The number of hydrazone groups is 1. The summed E-state index contributed by atoms with van der Waals surface area (Å²) in [4.78, 5) is 24.5. The minimum atomic E-state index is -1.22. The highest BCUT2D eigenvalue weighted by Gasteiger charge is 2.30. The van der Waals surface area contributed by atoms with Gasteiger partial charge in [-0.15, -0.1) is 5.10 Å². The van der Waals surface area contributed by atoms with Gasteiger partial charge in [0, 0.05) is 16.1 Å². The highest BCUT2D eigenvalue weighted by molar-refractivity contribution is 6.30. The van der Waals surface area contributed by atoms with Crippen LogP contribution in [0.1, 0.15) is 29.8 Å². The van der Waals surface area contributed by atoms with E-state index in [0.29, 0.717) is 21.9 Å². The van der Waals surface area contributed by atoms with E-state index in [1.54, 1.807) is 62.4 Å². The number of hydrogen-bond acceptors (Lipinski definition) is 4. The number of carbonyl (C=O) groups is 2. The first-order valence-corrected chi connectivity index (χ1v) is 8.05. The molecule has 2 aromatic rings. The van der Waals surface area contributed by atoms with E-state index in [1.165, 1.54) is 0 Å². The SMILES string of the molecule is CC(C)(Oc1ccc(C(=O)c2ccc(Cl)cc2)cc1)C(=O)NN=C(N)N. The maximum Gasteiger partial charge on any atom is 0.283 e. The van der Waals surface area contributed by atoms with Crippen LogP contribution in [0.3, 0.4) is 0 Å². The summed E-state index contributed by atoms with van der Waals surface area (Å²) in [5.74, 6) is -0.507. The van der Waals surface area contributed by atoms with Crippen LogP contribution in [0, 0.1) is 0 Å². The number of guanidine groups is 1. The summed E-state index contributed by atoms with van der Waals surface area (Å²) in [5, 5.41) is 4.01. The van der Waals surface area contributed by atoms with E-state index in [4.69, 9.17) is 27.8 Å². The lowest BCUT2D eigenvalue weighted by Crippen LogP contribution is -2.45. The largest absolute Gasteiger partial charge is 0.478 e. The van der Waals surface area contributed by atoms with Crippen LogP contribution in [-0.2, 0) is 4.79 Å². The molecule has 0 aromatic heterocycles. The van der Waals surface area contributed by atoms with Gasteiger partial charge in [0.25, 0.3) is 5.91 Å². The molecule has 7 nitrogen and oxygen atoms in total. The fraction of sp³-hybridized carbons (Fsp3) is 0.167. The molecule has 0 aliphatic rings. The quantitative estimate of drug-likeness (QED) is 0.309. The van der Waals surface area contributed by atoms with Gasteiger partial charge < -0.3 is 16.2 Å². The zero-order chi connectivity index (χ0) is 19.3. The van der Waals surface area contributed by atoms with Crippen molar-refractivity contribution in [2.45, 2.75) is 19.4 Å². The molecular formula is C18H19ClN4O3. The van der Waals surface area contributed by atoms with Crippen molar-refractivity contribution in [1.82, 2.24) is 5.43 Å². The summed E-state index contributed by atoms with van der Waals surface area (Å²) in [5.41, 5.74) is 12.3. The number of ether oxygens (including phenoxy) is 1. The molecule has 0 saturated carbocycles. The van der Waals surface area contributed by atoms with Gasteiger partial charge >= 0.3 is 0 Å². The Kier molecular flexibility index (Phi) is 5.84. The summed E-state index contributed by atoms with van der Waals surface area (Å²) < 4.78 is 5.66. The zero-order valence-electron chi connectivity index (χ0n) is 14.3. The predicted molar refractivity (Wildman–Crippen MR) is 100.0 cm³/mol. The van der Waals surface area contributed by atoms with Crippen molar-refractivity contribution in [2.75, 3.05) is 0 Å². The number of ketones is 1. The molecule has 0 heterocycles. The summed E-state index contributed by atoms with van der Waals surface area (Å²) in [7, 11) is 0. The number of halogens is 1. The molecular weight excluding hydrogens is 356 g/mol. The highest BCUT2D eigenvalue weighted by atomic mass is 35.5. The minimum Gasteiger partial charge on any atom is -0.478 e. The molecule has 136 valence electrons. The maximum absolute atomic E-state index is 12.4. The van der Waals surface area contributed by atoms with Crippen LogP contribution in [-0.4, -0.2) is 23.3 Å². The molecule has 2 rings (SSSR count). The molecule has 5 N–H and O–H groups in total. The van der Waals surface area contributed by atoms with Crippen molar-refractivity contribution in [1.29, 1.82) is 0 Å². The number of carbonyl (C=O) groups excluding carboxylic acids is 2. The number of benzene rings is 2. The van der Waals surface area contributed by atoms with Gasteiger partial charge in [0.05, 0.1) is 0 Å². The Morgan fingerprint density at radius 2 is 1.50 bits per heavy atom. The van der Waals surface area contributed by atoms with E-state index in [0.717, 1.165) is 0 Å². The molecule has 26 heavy (non-hydrogen) atoms. The maximum atomic E-state index is 12.4. The molecule has 0 aliphatic carbocycles. The minimum absolute atomic E-state index is 0.141. The molecule has 0 bridgehead atoms. The van der Waals surface area contributed by atoms with Gasteiger partial charge in [-0.25, -0.2) is 5.43 Å². The number of rotatable bonds is 6. The first-order valence-electron chi connectivity index (χ1n) is 7.67. The third-order valence-electron chi connectivity index (χ3n) is 3.43. The van der Waals surface area contributed by atoms with Gasteiger partial charge in [-0.2, -0.15) is 0 Å². The van der Waals surface area contributed by atoms with Gasteiger partial charge in [-0.05, 0) is 62.4 Å². The number of nitrogens with zero attached hydrogens (tertiary/aromatic N) is 1. The zero-order valence-corrected chi connectivity index (χ0v) is 15.1. The van der Waals surface area contributed by atoms with Crippen LogP contribution in [0.5, 0.6) is 5.75 Å². The molecule has 0 unspecified atom stereocenters. The van der Waals surface area contributed by atoms with Gasteiger partial charge in [-0.3, -0.25) is 9.59 Å². The fourth-order valence-electron chi connectivity index (χ4n) is 2.03. The van der Waals surface area contributed by atoms with Crippen molar-refractivity contribution in [3.8, 4) is 5.75 Å². The Morgan fingerprint density at radius 3 is 2.00 bits per heavy atom. The normalized spacial score (nSPS) is 10.7.